The van der Waals surface area contributed by atoms with Gasteiger partial charge in [0, 0.05) is 31.3 Å². The fourth-order valence-corrected chi connectivity index (χ4v) is 4.55. The Morgan fingerprint density at radius 2 is 1.80 bits per heavy atom. The first-order valence-electron chi connectivity index (χ1n) is 11.6. The molecule has 4 aromatic rings. The van der Waals surface area contributed by atoms with E-state index in [0.717, 1.165) is 48.3 Å². The number of imidazole rings is 1. The van der Waals surface area contributed by atoms with Crippen LogP contribution in [0.5, 0.6) is 5.75 Å². The molecule has 3 heterocycles. The van der Waals surface area contributed by atoms with Gasteiger partial charge in [-0.1, -0.05) is 5.16 Å². The molecule has 2 aromatic carbocycles. The fourth-order valence-electron chi connectivity index (χ4n) is 4.55. The van der Waals surface area contributed by atoms with Gasteiger partial charge in [-0.2, -0.15) is 4.98 Å². The number of hydrogen-bond acceptors (Lipinski definition) is 7. The van der Waals surface area contributed by atoms with Gasteiger partial charge in [0.2, 0.25) is 17.6 Å². The van der Waals surface area contributed by atoms with Crippen LogP contribution in [0, 0.1) is 5.92 Å². The van der Waals surface area contributed by atoms with E-state index >= 15 is 0 Å². The number of piperidine rings is 1. The van der Waals surface area contributed by atoms with Crippen molar-refractivity contribution in [2.45, 2.75) is 19.4 Å². The third-order valence-electron chi connectivity index (χ3n) is 6.67. The zero-order valence-electron chi connectivity index (χ0n) is 20.0. The van der Waals surface area contributed by atoms with E-state index in [1.54, 1.807) is 30.3 Å². The van der Waals surface area contributed by atoms with E-state index in [4.69, 9.17) is 9.26 Å². The van der Waals surface area contributed by atoms with Gasteiger partial charge in [-0.25, -0.2) is 4.79 Å². The number of carbonyl (C=O) groups excluding carboxylic acids is 1. The molecular formula is C25H28N6O4. The van der Waals surface area contributed by atoms with E-state index in [0.29, 0.717) is 23.9 Å². The number of aryl methyl sites for hydroxylation is 2. The Bertz CT molecular complexity index is 1410. The molecule has 1 fully saturated rings. The Hall–Kier alpha value is -3.92. The summed E-state index contributed by atoms with van der Waals surface area (Å²) in [6, 6.07) is 13.1. The number of benzene rings is 2. The second kappa shape index (κ2) is 9.38. The molecule has 0 unspecified atom stereocenters. The van der Waals surface area contributed by atoms with Crippen molar-refractivity contribution in [2.24, 2.45) is 20.0 Å². The monoisotopic (exact) mass is 476 g/mol. The normalized spacial score (nSPS) is 14.9. The highest BCUT2D eigenvalue weighted by atomic mass is 16.5. The van der Waals surface area contributed by atoms with Crippen molar-refractivity contribution in [2.75, 3.05) is 25.5 Å². The highest BCUT2D eigenvalue weighted by Gasteiger charge is 2.26. The van der Waals surface area contributed by atoms with Gasteiger partial charge in [0.1, 0.15) is 5.75 Å². The largest absolute Gasteiger partial charge is 0.497 e. The average molecular weight is 477 g/mol. The maximum Gasteiger partial charge on any atom is 0.328 e. The lowest BCUT2D eigenvalue weighted by molar-refractivity contribution is -0.121. The van der Waals surface area contributed by atoms with E-state index in [9.17, 15) is 9.59 Å². The summed E-state index contributed by atoms with van der Waals surface area (Å²) in [6.07, 6.45) is 1.49. The van der Waals surface area contributed by atoms with Gasteiger partial charge >= 0.3 is 5.69 Å². The molecule has 0 spiro atoms. The molecule has 0 saturated carbocycles. The second-order valence-corrected chi connectivity index (χ2v) is 8.88. The number of methoxy groups -OCH3 is 1. The molecule has 1 aliphatic rings. The molecule has 0 radical (unpaired) electrons. The summed E-state index contributed by atoms with van der Waals surface area (Å²) >= 11 is 0. The maximum atomic E-state index is 12.9. The molecule has 35 heavy (non-hydrogen) atoms. The van der Waals surface area contributed by atoms with E-state index in [1.807, 2.05) is 42.5 Å². The van der Waals surface area contributed by atoms with Crippen LogP contribution >= 0.6 is 0 Å². The SMILES string of the molecule is COc1ccc(-c2noc(CN3CCC(C(=O)Nc4ccc5c(c4)n(C)c(=O)n5C)CC3)n2)cc1. The number of nitrogens with zero attached hydrogens (tertiary/aromatic N) is 5. The molecule has 1 amide bonds. The molecule has 1 N–H and O–H groups in total. The first-order valence-corrected chi connectivity index (χ1v) is 11.6. The van der Waals surface area contributed by atoms with Crippen LogP contribution in [0.4, 0.5) is 5.69 Å². The quantitative estimate of drug-likeness (QED) is 0.456. The summed E-state index contributed by atoms with van der Waals surface area (Å²) in [5.41, 5.74) is 3.10. The van der Waals surface area contributed by atoms with Crippen LogP contribution in [0.15, 0.2) is 51.8 Å². The van der Waals surface area contributed by atoms with Crippen LogP contribution in [0.1, 0.15) is 18.7 Å². The number of amides is 1. The summed E-state index contributed by atoms with van der Waals surface area (Å²) in [7, 11) is 5.10. The Morgan fingerprint density at radius 1 is 1.09 bits per heavy atom. The van der Waals surface area contributed by atoms with Crippen molar-refractivity contribution in [3.8, 4) is 17.1 Å². The Kier molecular flexibility index (Phi) is 6.12. The third-order valence-corrected chi connectivity index (χ3v) is 6.67. The first kappa shape index (κ1) is 22.9. The number of carbonyl (C=O) groups is 1. The van der Waals surface area contributed by atoms with Crippen LogP contribution in [-0.2, 0) is 25.4 Å². The fraction of sp³-hybridized carbons (Fsp3) is 0.360. The van der Waals surface area contributed by atoms with Crippen molar-refractivity contribution < 1.29 is 14.1 Å². The highest BCUT2D eigenvalue weighted by Crippen LogP contribution is 2.24. The topological polar surface area (TPSA) is 107 Å². The molecule has 0 atom stereocenters. The number of anilines is 1. The first-order chi connectivity index (χ1) is 16.9. The van der Waals surface area contributed by atoms with E-state index in [-0.39, 0.29) is 17.5 Å². The van der Waals surface area contributed by atoms with Crippen LogP contribution in [0.2, 0.25) is 0 Å². The van der Waals surface area contributed by atoms with Gasteiger partial charge < -0.3 is 14.6 Å². The summed E-state index contributed by atoms with van der Waals surface area (Å²) in [5.74, 6) is 1.81. The zero-order valence-corrected chi connectivity index (χ0v) is 20.0. The predicted octanol–water partition coefficient (Wildman–Crippen LogP) is 2.79. The Labute approximate surface area is 202 Å². The molecule has 182 valence electrons. The maximum absolute atomic E-state index is 12.9. The predicted molar refractivity (Wildman–Crippen MR) is 131 cm³/mol. The standard InChI is InChI=1S/C25H28N6O4/c1-29-20-9-6-18(14-21(20)30(2)25(29)33)26-24(32)17-10-12-31(13-11-17)15-22-27-23(28-35-22)16-4-7-19(34-3)8-5-16/h4-9,14,17H,10-13,15H2,1-3H3,(H,26,32). The number of fused-ring (bicyclic) bond motifs is 1. The number of aromatic nitrogens is 4. The van der Waals surface area contributed by atoms with Crippen molar-refractivity contribution in [3.63, 3.8) is 0 Å². The van der Waals surface area contributed by atoms with Crippen LogP contribution in [0.3, 0.4) is 0 Å². The van der Waals surface area contributed by atoms with Gasteiger partial charge in [0.25, 0.3) is 0 Å². The van der Waals surface area contributed by atoms with Gasteiger partial charge in [0.05, 0.1) is 24.7 Å². The number of rotatable bonds is 6. The molecule has 2 aromatic heterocycles. The van der Waals surface area contributed by atoms with E-state index < -0.39 is 0 Å². The summed E-state index contributed by atoms with van der Waals surface area (Å²) in [6.45, 7) is 2.09. The van der Waals surface area contributed by atoms with Crippen molar-refractivity contribution in [1.29, 1.82) is 0 Å². The van der Waals surface area contributed by atoms with Crippen molar-refractivity contribution in [1.82, 2.24) is 24.2 Å². The van der Waals surface area contributed by atoms with Gasteiger partial charge in [0.15, 0.2) is 0 Å². The minimum atomic E-state index is -0.0896. The summed E-state index contributed by atoms with van der Waals surface area (Å²) < 4.78 is 13.8. The number of hydrogen-bond donors (Lipinski definition) is 1. The van der Waals surface area contributed by atoms with Crippen molar-refractivity contribution >= 4 is 22.6 Å². The van der Waals surface area contributed by atoms with Crippen LogP contribution < -0.4 is 15.7 Å². The van der Waals surface area contributed by atoms with Gasteiger partial charge in [-0.3, -0.25) is 18.8 Å². The minimum absolute atomic E-state index is 0.00418. The average Bonchev–Trinajstić information content (AvgIpc) is 3.43. The van der Waals surface area contributed by atoms with Crippen LogP contribution in [0.25, 0.3) is 22.4 Å². The van der Waals surface area contributed by atoms with Gasteiger partial charge in [-0.05, 0) is 68.4 Å². The molecule has 1 aliphatic heterocycles. The van der Waals surface area contributed by atoms with Crippen LogP contribution in [-0.4, -0.2) is 50.3 Å². The Morgan fingerprint density at radius 3 is 2.51 bits per heavy atom. The zero-order chi connectivity index (χ0) is 24.5. The van der Waals surface area contributed by atoms with Crippen molar-refractivity contribution in [3.05, 3.63) is 58.8 Å². The number of likely N-dealkylation sites (tertiary alicyclic amines) is 1. The molecule has 5 rings (SSSR count). The summed E-state index contributed by atoms with van der Waals surface area (Å²) in [5, 5.41) is 7.11. The highest BCUT2D eigenvalue weighted by molar-refractivity contribution is 5.94. The molecular weight excluding hydrogens is 448 g/mol. The smallest absolute Gasteiger partial charge is 0.328 e. The Balaban J connectivity index is 1.16. The van der Waals surface area contributed by atoms with E-state index in [2.05, 4.69) is 20.4 Å². The molecule has 0 bridgehead atoms. The molecule has 10 heteroatoms. The number of nitrogens with one attached hydrogen (secondary N) is 1. The molecule has 10 nitrogen and oxygen atoms in total. The summed E-state index contributed by atoms with van der Waals surface area (Å²) in [4.78, 5) is 31.8. The van der Waals surface area contributed by atoms with E-state index in [1.165, 1.54) is 0 Å². The molecule has 1 saturated heterocycles. The second-order valence-electron chi connectivity index (χ2n) is 8.88. The lowest BCUT2D eigenvalue weighted by Gasteiger charge is -2.30. The third kappa shape index (κ3) is 4.57. The lowest BCUT2D eigenvalue weighted by atomic mass is 9.96. The minimum Gasteiger partial charge on any atom is -0.497 e. The lowest BCUT2D eigenvalue weighted by Crippen LogP contribution is -2.37. The molecule has 0 aliphatic carbocycles. The van der Waals surface area contributed by atoms with Gasteiger partial charge in [-0.15, -0.1) is 0 Å². The number of ether oxygens (including phenoxy) is 1.